The van der Waals surface area contributed by atoms with Gasteiger partial charge in [-0.1, -0.05) is 11.6 Å². The van der Waals surface area contributed by atoms with Crippen LogP contribution in [0.15, 0.2) is 36.5 Å². The molecule has 142 valence electrons. The molecule has 0 saturated carbocycles. The van der Waals surface area contributed by atoms with Crippen molar-refractivity contribution in [2.75, 3.05) is 30.8 Å². The second-order valence-corrected chi connectivity index (χ2v) is 6.34. The van der Waals surface area contributed by atoms with Gasteiger partial charge in [-0.3, -0.25) is 24.6 Å². The summed E-state index contributed by atoms with van der Waals surface area (Å²) in [6.45, 7) is 1.70. The molecule has 1 heterocycles. The molecule has 0 saturated heterocycles. The van der Waals surface area contributed by atoms with Gasteiger partial charge in [0.2, 0.25) is 11.8 Å². The minimum Gasteiger partial charge on any atom is -0.319 e. The first-order valence-electron chi connectivity index (χ1n) is 7.89. The molecule has 0 radical (unpaired) electrons. The summed E-state index contributed by atoms with van der Waals surface area (Å²) in [5.74, 6) is -0.403. The number of aryl methyl sites for hydroxylation is 1. The molecule has 0 bridgehead atoms. The van der Waals surface area contributed by atoms with Crippen LogP contribution in [0.4, 0.5) is 17.2 Å². The standard InChI is InChI=1S/C17H18ClN5O4/c1-11-5-6-19-15(7-11)21-17(25)10-22(2)9-16(24)20-13-4-3-12(18)8-14(13)23(26)27/h3-8H,9-10H2,1-2H3,(H,20,24)(H,19,21,25). The van der Waals surface area contributed by atoms with Crippen LogP contribution in [0.3, 0.4) is 0 Å². The molecule has 1 aromatic carbocycles. The van der Waals surface area contributed by atoms with E-state index in [-0.39, 0.29) is 35.4 Å². The van der Waals surface area contributed by atoms with Crippen LogP contribution in [0.1, 0.15) is 5.56 Å². The Hall–Kier alpha value is -3.04. The Bertz CT molecular complexity index is 874. The number of halogens is 1. The van der Waals surface area contributed by atoms with E-state index in [1.807, 2.05) is 13.0 Å². The number of aromatic nitrogens is 1. The topological polar surface area (TPSA) is 117 Å². The first-order valence-corrected chi connectivity index (χ1v) is 8.27. The number of rotatable bonds is 7. The lowest BCUT2D eigenvalue weighted by Crippen LogP contribution is -2.36. The second-order valence-electron chi connectivity index (χ2n) is 5.91. The van der Waals surface area contributed by atoms with Crippen LogP contribution >= 0.6 is 11.6 Å². The van der Waals surface area contributed by atoms with Gasteiger partial charge in [-0.05, 0) is 43.8 Å². The normalized spacial score (nSPS) is 10.5. The molecule has 0 aliphatic rings. The van der Waals surface area contributed by atoms with E-state index in [1.165, 1.54) is 17.0 Å². The number of hydrogen-bond acceptors (Lipinski definition) is 6. The highest BCUT2D eigenvalue weighted by atomic mass is 35.5. The Kier molecular flexibility index (Phi) is 6.80. The molecular formula is C17H18ClN5O4. The van der Waals surface area contributed by atoms with Gasteiger partial charge in [-0.15, -0.1) is 0 Å². The monoisotopic (exact) mass is 391 g/mol. The molecule has 2 amide bonds. The minimum absolute atomic E-state index is 0.0382. The highest BCUT2D eigenvalue weighted by molar-refractivity contribution is 6.31. The van der Waals surface area contributed by atoms with Gasteiger partial charge >= 0.3 is 0 Å². The van der Waals surface area contributed by atoms with Crippen molar-refractivity contribution in [3.05, 3.63) is 57.2 Å². The van der Waals surface area contributed by atoms with Crippen LogP contribution in [-0.4, -0.2) is 46.8 Å². The summed E-state index contributed by atoms with van der Waals surface area (Å²) in [4.78, 5) is 40.1. The van der Waals surface area contributed by atoms with Crippen molar-refractivity contribution in [3.63, 3.8) is 0 Å². The van der Waals surface area contributed by atoms with Gasteiger partial charge < -0.3 is 10.6 Å². The van der Waals surface area contributed by atoms with Crippen LogP contribution in [-0.2, 0) is 9.59 Å². The average Bonchev–Trinajstić information content (AvgIpc) is 2.55. The van der Waals surface area contributed by atoms with E-state index in [0.29, 0.717) is 5.82 Å². The van der Waals surface area contributed by atoms with Crippen molar-refractivity contribution >= 4 is 40.6 Å². The van der Waals surface area contributed by atoms with E-state index in [1.54, 1.807) is 19.3 Å². The number of pyridine rings is 1. The van der Waals surface area contributed by atoms with E-state index in [4.69, 9.17) is 11.6 Å². The predicted octanol–water partition coefficient (Wildman–Crippen LogP) is 2.46. The van der Waals surface area contributed by atoms with Crippen molar-refractivity contribution < 1.29 is 14.5 Å². The molecule has 2 aromatic rings. The molecular weight excluding hydrogens is 374 g/mol. The van der Waals surface area contributed by atoms with Gasteiger partial charge in [0.1, 0.15) is 11.5 Å². The number of nitrogens with zero attached hydrogens (tertiary/aromatic N) is 3. The highest BCUT2D eigenvalue weighted by Crippen LogP contribution is 2.27. The quantitative estimate of drug-likeness (QED) is 0.553. The SMILES string of the molecule is Cc1ccnc(NC(=O)CN(C)CC(=O)Nc2ccc(Cl)cc2[N+](=O)[O-])c1. The maximum Gasteiger partial charge on any atom is 0.294 e. The number of amides is 2. The Morgan fingerprint density at radius 2 is 1.85 bits per heavy atom. The van der Waals surface area contributed by atoms with E-state index < -0.39 is 10.8 Å². The van der Waals surface area contributed by atoms with Crippen LogP contribution in [0.5, 0.6) is 0 Å². The number of carbonyl (C=O) groups excluding carboxylic acids is 2. The fourth-order valence-electron chi connectivity index (χ4n) is 2.28. The zero-order valence-electron chi connectivity index (χ0n) is 14.7. The lowest BCUT2D eigenvalue weighted by molar-refractivity contribution is -0.383. The molecule has 0 aliphatic heterocycles. The molecule has 2 N–H and O–H groups in total. The van der Waals surface area contributed by atoms with Gasteiger partial charge in [0.15, 0.2) is 0 Å². The predicted molar refractivity (Wildman–Crippen MR) is 102 cm³/mol. The lowest BCUT2D eigenvalue weighted by Gasteiger charge is -2.16. The lowest BCUT2D eigenvalue weighted by atomic mass is 10.2. The molecule has 0 aliphatic carbocycles. The Morgan fingerprint density at radius 1 is 1.19 bits per heavy atom. The van der Waals surface area contributed by atoms with Crippen molar-refractivity contribution in [1.29, 1.82) is 0 Å². The van der Waals surface area contributed by atoms with Gasteiger partial charge in [-0.25, -0.2) is 4.98 Å². The number of nitro groups is 1. The minimum atomic E-state index is -0.631. The molecule has 0 spiro atoms. The smallest absolute Gasteiger partial charge is 0.294 e. The molecule has 2 rings (SSSR count). The summed E-state index contributed by atoms with van der Waals surface area (Å²) in [5.41, 5.74) is 0.690. The number of anilines is 2. The summed E-state index contributed by atoms with van der Waals surface area (Å²) in [6, 6.07) is 7.49. The largest absolute Gasteiger partial charge is 0.319 e. The molecule has 0 fully saturated rings. The summed E-state index contributed by atoms with van der Waals surface area (Å²) in [7, 11) is 1.58. The van der Waals surface area contributed by atoms with E-state index in [9.17, 15) is 19.7 Å². The summed E-state index contributed by atoms with van der Waals surface area (Å²) in [6.07, 6.45) is 1.58. The van der Waals surface area contributed by atoms with Crippen LogP contribution < -0.4 is 10.6 Å². The van der Waals surface area contributed by atoms with Gasteiger partial charge in [0.25, 0.3) is 5.69 Å². The van der Waals surface area contributed by atoms with Crippen molar-refractivity contribution in [3.8, 4) is 0 Å². The maximum absolute atomic E-state index is 12.1. The third-order valence-electron chi connectivity index (χ3n) is 3.44. The summed E-state index contributed by atoms with van der Waals surface area (Å²) < 4.78 is 0. The molecule has 27 heavy (non-hydrogen) atoms. The highest BCUT2D eigenvalue weighted by Gasteiger charge is 2.18. The van der Waals surface area contributed by atoms with E-state index in [0.717, 1.165) is 11.6 Å². The third-order valence-corrected chi connectivity index (χ3v) is 3.68. The number of benzene rings is 1. The fourth-order valence-corrected chi connectivity index (χ4v) is 2.45. The van der Waals surface area contributed by atoms with E-state index >= 15 is 0 Å². The van der Waals surface area contributed by atoms with E-state index in [2.05, 4.69) is 15.6 Å². The Balaban J connectivity index is 1.90. The summed E-state index contributed by atoms with van der Waals surface area (Å²) in [5, 5.41) is 16.3. The van der Waals surface area contributed by atoms with Crippen molar-refractivity contribution in [2.24, 2.45) is 0 Å². The number of nitro benzene ring substituents is 1. The average molecular weight is 392 g/mol. The molecule has 1 aromatic heterocycles. The third kappa shape index (κ3) is 6.32. The van der Waals surface area contributed by atoms with Crippen molar-refractivity contribution in [1.82, 2.24) is 9.88 Å². The number of carbonyl (C=O) groups is 2. The first kappa shape index (κ1) is 20.3. The second kappa shape index (κ2) is 9.06. The van der Waals surface area contributed by atoms with Crippen molar-refractivity contribution in [2.45, 2.75) is 6.92 Å². The van der Waals surface area contributed by atoms with Crippen LogP contribution in [0.2, 0.25) is 5.02 Å². The molecule has 0 unspecified atom stereocenters. The number of nitrogens with one attached hydrogen (secondary N) is 2. The first-order chi connectivity index (χ1) is 12.7. The zero-order valence-corrected chi connectivity index (χ0v) is 15.5. The Morgan fingerprint density at radius 3 is 2.48 bits per heavy atom. The van der Waals surface area contributed by atoms with Gasteiger partial charge in [-0.2, -0.15) is 0 Å². The number of likely N-dealkylation sites (N-methyl/N-ethyl adjacent to an activating group) is 1. The molecule has 9 nitrogen and oxygen atoms in total. The fraction of sp³-hybridized carbons (Fsp3) is 0.235. The van der Waals surface area contributed by atoms with Crippen LogP contribution in [0.25, 0.3) is 0 Å². The maximum atomic E-state index is 12.1. The molecule has 10 heteroatoms. The van der Waals surface area contributed by atoms with Crippen LogP contribution in [0, 0.1) is 17.0 Å². The van der Waals surface area contributed by atoms with Gasteiger partial charge in [0.05, 0.1) is 18.0 Å². The summed E-state index contributed by atoms with van der Waals surface area (Å²) >= 11 is 5.74. The molecule has 0 atom stereocenters. The Labute approximate surface area is 160 Å². The zero-order chi connectivity index (χ0) is 20.0. The number of hydrogen-bond donors (Lipinski definition) is 2. The van der Waals surface area contributed by atoms with Gasteiger partial charge in [0, 0.05) is 17.3 Å².